The Morgan fingerprint density at radius 1 is 1.05 bits per heavy atom. The Morgan fingerprint density at radius 3 is 2.53 bits per heavy atom. The van der Waals surface area contributed by atoms with Crippen LogP contribution < -0.4 is 5.56 Å². The van der Waals surface area contributed by atoms with Gasteiger partial charge in [-0.15, -0.1) is 0 Å². The number of benzene rings is 1. The van der Waals surface area contributed by atoms with E-state index >= 15 is 0 Å². The number of rotatable bonds is 1. The molecule has 0 N–H and O–H groups in total. The maximum Gasteiger partial charge on any atom is 0.279 e. The fourth-order valence-corrected chi connectivity index (χ4v) is 2.27. The van der Waals surface area contributed by atoms with Gasteiger partial charge >= 0.3 is 0 Å². The van der Waals surface area contributed by atoms with Crippen molar-refractivity contribution in [2.45, 2.75) is 6.92 Å². The van der Waals surface area contributed by atoms with Gasteiger partial charge in [0, 0.05) is 24.5 Å². The van der Waals surface area contributed by atoms with Crippen molar-refractivity contribution >= 4 is 0 Å². The predicted octanol–water partition coefficient (Wildman–Crippen LogP) is 2.86. The molecule has 3 rings (SSSR count). The predicted molar refractivity (Wildman–Crippen MR) is 76.3 cm³/mol. The first kappa shape index (κ1) is 11.7. The van der Waals surface area contributed by atoms with Crippen LogP contribution in [0.1, 0.15) is 5.69 Å². The van der Waals surface area contributed by atoms with Gasteiger partial charge in [-0.3, -0.25) is 4.79 Å². The summed E-state index contributed by atoms with van der Waals surface area (Å²) in [5.41, 5.74) is 4.11. The normalized spacial score (nSPS) is 10.8. The van der Waals surface area contributed by atoms with Gasteiger partial charge in [-0.05, 0) is 24.6 Å². The topological polar surface area (TPSA) is 34.9 Å². The van der Waals surface area contributed by atoms with Crippen LogP contribution in [0.3, 0.4) is 0 Å². The van der Waals surface area contributed by atoms with E-state index in [0.717, 1.165) is 22.5 Å². The van der Waals surface area contributed by atoms with Gasteiger partial charge in [0.25, 0.3) is 5.56 Å². The Morgan fingerprint density at radius 2 is 1.79 bits per heavy atom. The summed E-state index contributed by atoms with van der Waals surface area (Å²) in [4.78, 5) is 16.4. The maximum atomic E-state index is 12.2. The van der Waals surface area contributed by atoms with Crippen LogP contribution in [0, 0.1) is 6.92 Å². The molecule has 3 heteroatoms. The minimum Gasteiger partial charge on any atom is -0.354 e. The fourth-order valence-electron chi connectivity index (χ4n) is 2.27. The molecule has 0 fully saturated rings. The van der Waals surface area contributed by atoms with E-state index in [2.05, 4.69) is 4.98 Å². The van der Waals surface area contributed by atoms with E-state index in [1.807, 2.05) is 67.2 Å². The van der Waals surface area contributed by atoms with E-state index in [-0.39, 0.29) is 5.56 Å². The van der Waals surface area contributed by atoms with Crippen LogP contribution in [0.25, 0.3) is 22.4 Å². The van der Waals surface area contributed by atoms with Crippen LogP contribution in [0.4, 0.5) is 0 Å². The summed E-state index contributed by atoms with van der Waals surface area (Å²) in [5, 5.41) is 0. The molecule has 0 saturated heterocycles. The molecule has 2 heterocycles. The van der Waals surface area contributed by atoms with E-state index in [4.69, 9.17) is 0 Å². The Labute approximate surface area is 111 Å². The molecule has 94 valence electrons. The third kappa shape index (κ3) is 1.93. The quantitative estimate of drug-likeness (QED) is 0.665. The van der Waals surface area contributed by atoms with Crippen molar-refractivity contribution in [1.82, 2.24) is 9.55 Å². The van der Waals surface area contributed by atoms with Crippen LogP contribution in [-0.2, 0) is 7.05 Å². The van der Waals surface area contributed by atoms with E-state index in [1.54, 1.807) is 0 Å². The van der Waals surface area contributed by atoms with Crippen molar-refractivity contribution in [1.29, 1.82) is 0 Å². The highest BCUT2D eigenvalue weighted by Gasteiger charge is 2.14. The third-order valence-corrected chi connectivity index (χ3v) is 3.45. The van der Waals surface area contributed by atoms with Crippen molar-refractivity contribution in [3.8, 4) is 22.4 Å². The second-order valence-electron chi connectivity index (χ2n) is 4.65. The molecular weight excluding hydrogens is 236 g/mol. The molecule has 0 unspecified atom stereocenters. The lowest BCUT2D eigenvalue weighted by atomic mass is 10.0. The molecule has 3 nitrogen and oxygen atoms in total. The largest absolute Gasteiger partial charge is 0.354 e. The highest BCUT2D eigenvalue weighted by Crippen LogP contribution is 2.25. The molecule has 0 saturated carbocycles. The zero-order chi connectivity index (χ0) is 13.4. The number of aromatic nitrogens is 2. The number of aryl methyl sites for hydroxylation is 1. The Balaban J connectivity index is 2.31. The van der Waals surface area contributed by atoms with E-state index in [9.17, 15) is 4.79 Å². The maximum absolute atomic E-state index is 12.2. The molecule has 0 amide bonds. The monoisotopic (exact) mass is 250 g/mol. The summed E-state index contributed by atoms with van der Waals surface area (Å²) >= 11 is 0. The zero-order valence-electron chi connectivity index (χ0n) is 10.9. The molecule has 1 aromatic carbocycles. The van der Waals surface area contributed by atoms with Crippen molar-refractivity contribution in [2.24, 2.45) is 7.05 Å². The molecule has 0 spiro atoms. The summed E-state index contributed by atoms with van der Waals surface area (Å²) in [6.45, 7) is 1.94. The molecule has 1 aromatic rings. The lowest BCUT2D eigenvalue weighted by Crippen LogP contribution is -2.15. The van der Waals surface area contributed by atoms with E-state index in [0.29, 0.717) is 5.56 Å². The molecule has 2 aliphatic rings. The molecular formula is C16H14N2O. The fraction of sp³-hybridized carbons (Fsp3) is 0.125. The lowest BCUT2D eigenvalue weighted by molar-refractivity contribution is 0.855. The minimum atomic E-state index is -0.162. The Kier molecular flexibility index (Phi) is 2.67. The molecule has 0 bridgehead atoms. The van der Waals surface area contributed by atoms with Gasteiger partial charge in [-0.2, -0.15) is 0 Å². The lowest BCUT2D eigenvalue weighted by Gasteiger charge is -2.13. The number of hydrogen-bond acceptors (Lipinski definition) is 2. The van der Waals surface area contributed by atoms with Crippen molar-refractivity contribution in [3.05, 3.63) is 64.7 Å². The average Bonchev–Trinajstić information content (AvgIpc) is 2.43. The molecule has 19 heavy (non-hydrogen) atoms. The van der Waals surface area contributed by atoms with Gasteiger partial charge in [-0.25, -0.2) is 4.98 Å². The summed E-state index contributed by atoms with van der Waals surface area (Å²) in [6.07, 6.45) is 1.96. The van der Waals surface area contributed by atoms with E-state index in [1.165, 1.54) is 0 Å². The smallest absolute Gasteiger partial charge is 0.279 e. The summed E-state index contributed by atoms with van der Waals surface area (Å²) in [6, 6.07) is 13.7. The first-order valence-corrected chi connectivity index (χ1v) is 6.19. The zero-order valence-corrected chi connectivity index (χ0v) is 10.9. The number of fused-ring (bicyclic) bond motifs is 1. The second-order valence-corrected chi connectivity index (χ2v) is 4.65. The molecule has 0 aliphatic carbocycles. The Bertz CT molecular complexity index is 760. The van der Waals surface area contributed by atoms with Gasteiger partial charge in [0.15, 0.2) is 0 Å². The van der Waals surface area contributed by atoms with Crippen LogP contribution in [-0.4, -0.2) is 9.55 Å². The third-order valence-electron chi connectivity index (χ3n) is 3.45. The van der Waals surface area contributed by atoms with Crippen molar-refractivity contribution < 1.29 is 0 Å². The first-order valence-electron chi connectivity index (χ1n) is 6.19. The minimum absolute atomic E-state index is 0.162. The summed E-state index contributed by atoms with van der Waals surface area (Å²) in [7, 11) is 1.93. The number of hydrogen-bond donors (Lipinski definition) is 0. The van der Waals surface area contributed by atoms with Crippen molar-refractivity contribution in [3.63, 3.8) is 0 Å². The van der Waals surface area contributed by atoms with Crippen LogP contribution >= 0.6 is 0 Å². The van der Waals surface area contributed by atoms with Crippen molar-refractivity contribution in [2.75, 3.05) is 0 Å². The van der Waals surface area contributed by atoms with Gasteiger partial charge in [0.1, 0.15) is 0 Å². The molecule has 0 aromatic heterocycles. The average molecular weight is 250 g/mol. The van der Waals surface area contributed by atoms with Gasteiger partial charge in [-0.1, -0.05) is 30.3 Å². The number of pyridine rings is 2. The molecule has 0 atom stereocenters. The molecule has 2 aliphatic heterocycles. The van der Waals surface area contributed by atoms with Crippen LogP contribution in [0.5, 0.6) is 0 Å². The van der Waals surface area contributed by atoms with Gasteiger partial charge in [0.05, 0.1) is 11.3 Å². The SMILES string of the molecule is Cc1c2c(=O)nc(-c3ccccc3)cc-2ccn1C. The standard InChI is InChI=1S/C16H14N2O/c1-11-15-13(8-9-18(11)2)10-14(17-16(15)19)12-6-4-3-5-7-12/h3-10H,1-2H3. The van der Waals surface area contributed by atoms with Crippen LogP contribution in [0.15, 0.2) is 53.5 Å². The van der Waals surface area contributed by atoms with E-state index < -0.39 is 0 Å². The highest BCUT2D eigenvalue weighted by molar-refractivity contribution is 5.72. The second kappa shape index (κ2) is 4.35. The first-order chi connectivity index (χ1) is 9.16. The summed E-state index contributed by atoms with van der Waals surface area (Å²) in [5.74, 6) is 0. The highest BCUT2D eigenvalue weighted by atomic mass is 16.1. The van der Waals surface area contributed by atoms with Gasteiger partial charge < -0.3 is 4.57 Å². The summed E-state index contributed by atoms with van der Waals surface area (Å²) < 4.78 is 1.94. The Hall–Kier alpha value is -2.42. The van der Waals surface area contributed by atoms with Gasteiger partial charge in [0.2, 0.25) is 0 Å². The van der Waals surface area contributed by atoms with Crippen LogP contribution in [0.2, 0.25) is 0 Å². The number of nitrogens with zero attached hydrogens (tertiary/aromatic N) is 2. The molecule has 0 radical (unpaired) electrons.